The highest BCUT2D eigenvalue weighted by Gasteiger charge is 2.22. The number of H-pyrrole nitrogens is 1. The van der Waals surface area contributed by atoms with Crippen LogP contribution in [-0.4, -0.2) is 71.9 Å². The lowest BCUT2D eigenvalue weighted by Gasteiger charge is -2.36. The van der Waals surface area contributed by atoms with Crippen molar-refractivity contribution in [1.29, 1.82) is 0 Å². The van der Waals surface area contributed by atoms with Gasteiger partial charge in [-0.25, -0.2) is 4.79 Å². The Hall–Kier alpha value is -4.67. The molecule has 4 aromatic rings. The summed E-state index contributed by atoms with van der Waals surface area (Å²) in [5.41, 5.74) is 2.44. The summed E-state index contributed by atoms with van der Waals surface area (Å²) in [4.78, 5) is 44.9. The number of nitrogens with zero attached hydrogens (tertiary/aromatic N) is 4. The Bertz CT molecular complexity index is 1630. The lowest BCUT2D eigenvalue weighted by Crippen LogP contribution is -2.50. The van der Waals surface area contributed by atoms with Gasteiger partial charge in [0.2, 0.25) is 0 Å². The van der Waals surface area contributed by atoms with Gasteiger partial charge in [-0.1, -0.05) is 0 Å². The largest absolute Gasteiger partial charge is 0.497 e. The van der Waals surface area contributed by atoms with E-state index in [2.05, 4.69) is 9.88 Å². The molecule has 0 bridgehead atoms. The number of nitrogens with one attached hydrogen (secondary N) is 1. The molecule has 5 rings (SSSR count). The summed E-state index contributed by atoms with van der Waals surface area (Å²) in [5.74, 6) is 1.72. The van der Waals surface area contributed by atoms with Gasteiger partial charge in [-0.3, -0.25) is 18.7 Å². The third-order valence-electron chi connectivity index (χ3n) is 7.15. The van der Waals surface area contributed by atoms with E-state index in [0.29, 0.717) is 46.9 Å². The zero-order chi connectivity index (χ0) is 27.7. The molecule has 3 heterocycles. The molecule has 39 heavy (non-hydrogen) atoms. The van der Waals surface area contributed by atoms with Gasteiger partial charge in [-0.2, -0.15) is 0 Å². The molecule has 1 saturated heterocycles. The summed E-state index contributed by atoms with van der Waals surface area (Å²) in [7, 11) is 6.24. The molecule has 2 aromatic heterocycles. The number of hydrogen-bond acceptors (Lipinski definition) is 7. The minimum atomic E-state index is -0.402. The second-order valence-electron chi connectivity index (χ2n) is 9.37. The van der Waals surface area contributed by atoms with E-state index in [4.69, 9.17) is 14.2 Å². The zero-order valence-corrected chi connectivity index (χ0v) is 22.4. The molecule has 0 radical (unpaired) electrons. The smallest absolute Gasteiger partial charge is 0.331 e. The third-order valence-corrected chi connectivity index (χ3v) is 7.15. The summed E-state index contributed by atoms with van der Waals surface area (Å²) >= 11 is 0. The molecule has 0 aliphatic carbocycles. The fraction of sp³-hybridized carbons (Fsp3) is 0.321. The first-order valence-electron chi connectivity index (χ1n) is 12.6. The SMILES string of the molecule is COc1ccc(N2CCN(C(=O)COc3ccc(-c4cc5c([nH]4)c(=O)n(C)c(=O)n5C)c(OC)c3)CC2)cc1. The number of rotatable bonds is 7. The third kappa shape index (κ3) is 4.95. The van der Waals surface area contributed by atoms with Crippen molar-refractivity contribution in [3.05, 3.63) is 69.4 Å². The highest BCUT2D eigenvalue weighted by molar-refractivity contribution is 5.84. The molecule has 1 N–H and O–H groups in total. The van der Waals surface area contributed by atoms with Crippen LogP contribution in [-0.2, 0) is 18.9 Å². The van der Waals surface area contributed by atoms with Crippen LogP contribution in [0.5, 0.6) is 17.2 Å². The van der Waals surface area contributed by atoms with Crippen molar-refractivity contribution in [3.63, 3.8) is 0 Å². The second-order valence-corrected chi connectivity index (χ2v) is 9.37. The Morgan fingerprint density at radius 2 is 1.56 bits per heavy atom. The number of aromatic nitrogens is 3. The van der Waals surface area contributed by atoms with Crippen LogP contribution >= 0.6 is 0 Å². The number of amides is 1. The fourth-order valence-electron chi connectivity index (χ4n) is 4.83. The van der Waals surface area contributed by atoms with Crippen molar-refractivity contribution >= 4 is 22.6 Å². The Morgan fingerprint density at radius 1 is 0.872 bits per heavy atom. The molecule has 204 valence electrons. The minimum absolute atomic E-state index is 0.0835. The summed E-state index contributed by atoms with van der Waals surface area (Å²) in [6.07, 6.45) is 0. The minimum Gasteiger partial charge on any atom is -0.497 e. The molecule has 0 atom stereocenters. The van der Waals surface area contributed by atoms with Crippen LogP contribution in [0.15, 0.2) is 58.1 Å². The number of benzene rings is 2. The normalized spacial score (nSPS) is 13.5. The summed E-state index contributed by atoms with van der Waals surface area (Å²) in [6, 6.07) is 14.9. The van der Waals surface area contributed by atoms with Crippen molar-refractivity contribution in [2.24, 2.45) is 14.1 Å². The molecule has 1 aliphatic heterocycles. The number of anilines is 1. The second kappa shape index (κ2) is 10.6. The summed E-state index contributed by atoms with van der Waals surface area (Å²) in [6.45, 7) is 2.60. The van der Waals surface area contributed by atoms with Gasteiger partial charge >= 0.3 is 5.69 Å². The number of aromatic amines is 1. The molecular formula is C28H31N5O6. The van der Waals surface area contributed by atoms with E-state index in [1.807, 2.05) is 24.3 Å². The van der Waals surface area contributed by atoms with Crippen LogP contribution in [0.1, 0.15) is 0 Å². The number of carbonyl (C=O) groups is 1. The molecule has 1 aliphatic rings. The fourth-order valence-corrected chi connectivity index (χ4v) is 4.83. The molecular weight excluding hydrogens is 502 g/mol. The summed E-state index contributed by atoms with van der Waals surface area (Å²) in [5, 5.41) is 0. The zero-order valence-electron chi connectivity index (χ0n) is 22.4. The predicted molar refractivity (Wildman–Crippen MR) is 148 cm³/mol. The number of hydrogen-bond donors (Lipinski definition) is 1. The summed E-state index contributed by atoms with van der Waals surface area (Å²) < 4.78 is 19.1. The maximum absolute atomic E-state index is 12.8. The Labute approximate surface area is 224 Å². The van der Waals surface area contributed by atoms with Crippen molar-refractivity contribution < 1.29 is 19.0 Å². The van der Waals surface area contributed by atoms with E-state index in [1.165, 1.54) is 18.7 Å². The average molecular weight is 534 g/mol. The van der Waals surface area contributed by atoms with Gasteiger partial charge in [0.1, 0.15) is 22.8 Å². The highest BCUT2D eigenvalue weighted by Crippen LogP contribution is 2.34. The van der Waals surface area contributed by atoms with Crippen LogP contribution in [0, 0.1) is 0 Å². The lowest BCUT2D eigenvalue weighted by atomic mass is 10.1. The van der Waals surface area contributed by atoms with Crippen LogP contribution in [0.2, 0.25) is 0 Å². The molecule has 1 amide bonds. The van der Waals surface area contributed by atoms with Crippen LogP contribution in [0.25, 0.3) is 22.3 Å². The quantitative estimate of drug-likeness (QED) is 0.387. The van der Waals surface area contributed by atoms with E-state index in [9.17, 15) is 14.4 Å². The predicted octanol–water partition coefficient (Wildman–Crippen LogP) is 1.98. The first kappa shape index (κ1) is 26.0. The van der Waals surface area contributed by atoms with Crippen molar-refractivity contribution in [2.45, 2.75) is 0 Å². The Morgan fingerprint density at radius 3 is 2.23 bits per heavy atom. The van der Waals surface area contributed by atoms with Gasteiger partial charge in [0.05, 0.1) is 25.4 Å². The molecule has 11 nitrogen and oxygen atoms in total. The number of piperazine rings is 1. The average Bonchev–Trinajstić information content (AvgIpc) is 3.43. The van der Waals surface area contributed by atoms with E-state index in [-0.39, 0.29) is 12.5 Å². The maximum Gasteiger partial charge on any atom is 0.331 e. The van der Waals surface area contributed by atoms with Gasteiger partial charge in [0.25, 0.3) is 11.5 Å². The molecule has 0 spiro atoms. The van der Waals surface area contributed by atoms with Gasteiger partial charge in [0, 0.05) is 57.6 Å². The number of aryl methyl sites for hydroxylation is 1. The first-order chi connectivity index (χ1) is 18.8. The highest BCUT2D eigenvalue weighted by atomic mass is 16.5. The number of carbonyl (C=O) groups excluding carboxylic acids is 1. The van der Waals surface area contributed by atoms with E-state index < -0.39 is 11.2 Å². The Balaban J connectivity index is 1.24. The van der Waals surface area contributed by atoms with E-state index in [0.717, 1.165) is 29.1 Å². The monoisotopic (exact) mass is 533 g/mol. The van der Waals surface area contributed by atoms with Crippen LogP contribution in [0.4, 0.5) is 5.69 Å². The molecule has 2 aromatic carbocycles. The molecule has 0 unspecified atom stereocenters. The van der Waals surface area contributed by atoms with Crippen molar-refractivity contribution in [2.75, 3.05) is 51.9 Å². The van der Waals surface area contributed by atoms with Crippen LogP contribution < -0.4 is 30.4 Å². The Kier molecular flexibility index (Phi) is 7.05. The molecule has 11 heteroatoms. The van der Waals surface area contributed by atoms with Crippen LogP contribution in [0.3, 0.4) is 0 Å². The maximum atomic E-state index is 12.8. The molecule has 0 saturated carbocycles. The van der Waals surface area contributed by atoms with Gasteiger partial charge < -0.3 is 29.0 Å². The van der Waals surface area contributed by atoms with Gasteiger partial charge in [-0.05, 0) is 42.5 Å². The topological polar surface area (TPSA) is 111 Å². The number of methoxy groups -OCH3 is 2. The van der Waals surface area contributed by atoms with Crippen molar-refractivity contribution in [1.82, 2.24) is 19.0 Å². The number of ether oxygens (including phenoxy) is 3. The molecule has 1 fully saturated rings. The van der Waals surface area contributed by atoms with E-state index >= 15 is 0 Å². The lowest BCUT2D eigenvalue weighted by molar-refractivity contribution is -0.133. The van der Waals surface area contributed by atoms with Crippen molar-refractivity contribution in [3.8, 4) is 28.5 Å². The first-order valence-corrected chi connectivity index (χ1v) is 12.6. The standard InChI is InChI=1S/C28H31N5O6/c1-30-23-16-22(29-26(23)27(35)31(2)28(30)36)21-10-9-20(15-24(21)38-4)39-17-25(34)33-13-11-32(12-14-33)18-5-7-19(37-3)8-6-18/h5-10,15-16,29H,11-14,17H2,1-4H3. The van der Waals surface area contributed by atoms with Gasteiger partial charge in [0.15, 0.2) is 6.61 Å². The number of fused-ring (bicyclic) bond motifs is 1. The van der Waals surface area contributed by atoms with Gasteiger partial charge in [-0.15, -0.1) is 0 Å². The van der Waals surface area contributed by atoms with E-state index in [1.54, 1.807) is 43.3 Å².